The maximum atomic E-state index is 14.6. The number of fused-ring (bicyclic) bond motifs is 1. The predicted molar refractivity (Wildman–Crippen MR) is 127 cm³/mol. The Morgan fingerprint density at radius 2 is 1.91 bits per heavy atom. The number of benzene rings is 1. The van der Waals surface area contributed by atoms with Crippen LogP contribution >= 0.6 is 11.6 Å². The van der Waals surface area contributed by atoms with Gasteiger partial charge in [0.2, 0.25) is 0 Å². The number of aromatic amines is 1. The first kappa shape index (κ1) is 21.9. The first-order valence-electron chi connectivity index (χ1n) is 11.0. The van der Waals surface area contributed by atoms with Crippen LogP contribution in [-0.2, 0) is 17.7 Å². The van der Waals surface area contributed by atoms with Crippen LogP contribution in [-0.4, -0.2) is 51.0 Å². The summed E-state index contributed by atoms with van der Waals surface area (Å²) in [7, 11) is 0. The predicted octanol–water partition coefficient (Wildman–Crippen LogP) is 4.63. The second-order valence-corrected chi connectivity index (χ2v) is 8.92. The lowest BCUT2D eigenvalue weighted by molar-refractivity contribution is 0.0343. The summed E-state index contributed by atoms with van der Waals surface area (Å²) in [6, 6.07) is 10.9. The molecule has 172 valence electrons. The molecule has 0 spiro atoms. The number of morpholine rings is 1. The van der Waals surface area contributed by atoms with Gasteiger partial charge in [-0.15, -0.1) is 5.10 Å². The number of aromatic nitrogens is 4. The molecule has 0 radical (unpaired) electrons. The molecule has 0 bridgehead atoms. The van der Waals surface area contributed by atoms with Gasteiger partial charge in [0, 0.05) is 42.8 Å². The van der Waals surface area contributed by atoms with Gasteiger partial charge in [-0.3, -0.25) is 10.00 Å². The fourth-order valence-electron chi connectivity index (χ4n) is 4.24. The third kappa shape index (κ3) is 4.73. The molecule has 4 aromatic rings. The van der Waals surface area contributed by atoms with E-state index in [0.717, 1.165) is 60.9 Å². The minimum Gasteiger partial charge on any atom is -0.379 e. The molecule has 1 aliphatic heterocycles. The lowest BCUT2D eigenvalue weighted by Gasteiger charge is -2.27. The second kappa shape index (κ2) is 9.13. The average molecular weight is 469 g/mol. The van der Waals surface area contributed by atoms with E-state index in [1.807, 2.05) is 24.4 Å². The topological polar surface area (TPSA) is 70.5 Å². The monoisotopic (exact) mass is 468 g/mol. The summed E-state index contributed by atoms with van der Waals surface area (Å²) < 4.78 is 22.0. The quantitative estimate of drug-likeness (QED) is 0.431. The van der Waals surface area contributed by atoms with Gasteiger partial charge in [-0.25, -0.2) is 8.91 Å². The number of halogens is 2. The molecule has 7 nitrogen and oxygen atoms in total. The van der Waals surface area contributed by atoms with Crippen LogP contribution < -0.4 is 5.32 Å². The Bertz CT molecular complexity index is 1290. The Morgan fingerprint density at radius 3 is 2.64 bits per heavy atom. The molecule has 0 aliphatic carbocycles. The van der Waals surface area contributed by atoms with E-state index >= 15 is 0 Å². The number of H-pyrrole nitrogens is 1. The van der Waals surface area contributed by atoms with Crippen LogP contribution in [0.25, 0.3) is 5.52 Å². The van der Waals surface area contributed by atoms with E-state index in [0.29, 0.717) is 28.6 Å². The highest BCUT2D eigenvalue weighted by molar-refractivity contribution is 6.30. The normalized spacial score (nSPS) is 14.8. The van der Waals surface area contributed by atoms with Crippen LogP contribution in [0.1, 0.15) is 28.1 Å². The Labute approximate surface area is 196 Å². The van der Waals surface area contributed by atoms with Crippen LogP contribution in [0.4, 0.5) is 16.0 Å². The SMILES string of the molecule is Cc1cc(Nc2cc(CN3CCOCC3)c3cc(C)c(Cc4ccc(Cl)cc4F)n3n2)n[nH]1. The van der Waals surface area contributed by atoms with E-state index < -0.39 is 0 Å². The highest BCUT2D eigenvalue weighted by Crippen LogP contribution is 2.27. The van der Waals surface area contributed by atoms with Crippen molar-refractivity contribution in [2.45, 2.75) is 26.8 Å². The van der Waals surface area contributed by atoms with Gasteiger partial charge in [0.1, 0.15) is 5.82 Å². The third-order valence-electron chi connectivity index (χ3n) is 5.97. The molecule has 1 aliphatic rings. The molecule has 3 aromatic heterocycles. The molecule has 5 rings (SSSR count). The maximum Gasteiger partial charge on any atom is 0.153 e. The van der Waals surface area contributed by atoms with Crippen molar-refractivity contribution in [2.75, 3.05) is 31.6 Å². The van der Waals surface area contributed by atoms with Crippen LogP contribution in [0.2, 0.25) is 5.02 Å². The summed E-state index contributed by atoms with van der Waals surface area (Å²) in [6.45, 7) is 8.02. The van der Waals surface area contributed by atoms with Crippen molar-refractivity contribution in [3.8, 4) is 0 Å². The van der Waals surface area contributed by atoms with Crippen molar-refractivity contribution in [2.24, 2.45) is 0 Å². The van der Waals surface area contributed by atoms with Crippen molar-refractivity contribution in [1.29, 1.82) is 0 Å². The number of rotatable bonds is 6. The Morgan fingerprint density at radius 1 is 1.09 bits per heavy atom. The van der Waals surface area contributed by atoms with Gasteiger partial charge in [-0.1, -0.05) is 17.7 Å². The molecule has 9 heteroatoms. The zero-order valence-corrected chi connectivity index (χ0v) is 19.4. The van der Waals surface area contributed by atoms with Crippen molar-refractivity contribution in [3.63, 3.8) is 0 Å². The lowest BCUT2D eigenvalue weighted by Crippen LogP contribution is -2.35. The van der Waals surface area contributed by atoms with Crippen molar-refractivity contribution in [3.05, 3.63) is 75.3 Å². The van der Waals surface area contributed by atoms with E-state index in [4.69, 9.17) is 21.4 Å². The van der Waals surface area contributed by atoms with Gasteiger partial charge in [0.25, 0.3) is 0 Å². The largest absolute Gasteiger partial charge is 0.379 e. The number of anilines is 2. The molecule has 0 unspecified atom stereocenters. The Kier molecular flexibility index (Phi) is 6.05. The Balaban J connectivity index is 1.57. The average Bonchev–Trinajstić information content (AvgIpc) is 3.33. The van der Waals surface area contributed by atoms with Gasteiger partial charge < -0.3 is 10.1 Å². The lowest BCUT2D eigenvalue weighted by atomic mass is 10.1. The molecule has 0 saturated carbocycles. The van der Waals surface area contributed by atoms with E-state index in [2.05, 4.69) is 32.5 Å². The molecule has 0 atom stereocenters. The van der Waals surface area contributed by atoms with Crippen molar-refractivity contribution < 1.29 is 9.13 Å². The van der Waals surface area contributed by atoms with Gasteiger partial charge >= 0.3 is 0 Å². The molecule has 0 amide bonds. The number of nitrogens with one attached hydrogen (secondary N) is 2. The smallest absolute Gasteiger partial charge is 0.153 e. The molecule has 2 N–H and O–H groups in total. The molecule has 1 aromatic carbocycles. The number of hydrogen-bond donors (Lipinski definition) is 2. The maximum absolute atomic E-state index is 14.6. The summed E-state index contributed by atoms with van der Waals surface area (Å²) in [5.41, 5.74) is 5.71. The van der Waals surface area contributed by atoms with Gasteiger partial charge in [0.15, 0.2) is 11.6 Å². The van der Waals surface area contributed by atoms with Crippen LogP contribution in [0, 0.1) is 19.7 Å². The second-order valence-electron chi connectivity index (χ2n) is 8.49. The molecule has 1 fully saturated rings. The summed E-state index contributed by atoms with van der Waals surface area (Å²) in [5.74, 6) is 1.07. The number of nitrogens with zero attached hydrogens (tertiary/aromatic N) is 4. The summed E-state index contributed by atoms with van der Waals surface area (Å²) >= 11 is 5.95. The first-order valence-corrected chi connectivity index (χ1v) is 11.4. The van der Waals surface area contributed by atoms with Crippen LogP contribution in [0.3, 0.4) is 0 Å². The van der Waals surface area contributed by atoms with E-state index in [9.17, 15) is 4.39 Å². The fraction of sp³-hybridized carbons (Fsp3) is 0.333. The highest BCUT2D eigenvalue weighted by Gasteiger charge is 2.19. The minimum atomic E-state index is -0.313. The highest BCUT2D eigenvalue weighted by atomic mass is 35.5. The fourth-order valence-corrected chi connectivity index (χ4v) is 4.40. The summed E-state index contributed by atoms with van der Waals surface area (Å²) in [4.78, 5) is 2.38. The van der Waals surface area contributed by atoms with Crippen LogP contribution in [0.15, 0.2) is 36.4 Å². The molecular formula is C24H26ClFN6O. The summed E-state index contributed by atoms with van der Waals surface area (Å²) in [5, 5.41) is 15.8. The molecule has 33 heavy (non-hydrogen) atoms. The Hall–Kier alpha value is -2.94. The third-order valence-corrected chi connectivity index (χ3v) is 6.21. The van der Waals surface area contributed by atoms with Gasteiger partial charge in [-0.2, -0.15) is 5.10 Å². The van der Waals surface area contributed by atoms with Gasteiger partial charge in [0.05, 0.1) is 24.4 Å². The standard InChI is InChI=1S/C24H26ClFN6O/c1-15-9-22-18(14-31-5-7-33-8-6-31)12-24(27-23-10-16(2)28-29-23)30-32(22)21(15)11-17-3-4-19(25)13-20(17)26/h3-4,9-10,12-13H,5-8,11,14H2,1-2H3,(H2,27,28,29,30). The summed E-state index contributed by atoms with van der Waals surface area (Å²) in [6.07, 6.45) is 0.415. The molecular weight excluding hydrogens is 443 g/mol. The first-order chi connectivity index (χ1) is 16.0. The van der Waals surface area contributed by atoms with E-state index in [1.54, 1.807) is 12.1 Å². The van der Waals surface area contributed by atoms with E-state index in [1.165, 1.54) is 6.07 Å². The molecule has 1 saturated heterocycles. The number of ether oxygens (including phenoxy) is 1. The number of aryl methyl sites for hydroxylation is 2. The van der Waals surface area contributed by atoms with E-state index in [-0.39, 0.29) is 5.82 Å². The minimum absolute atomic E-state index is 0.313. The van der Waals surface area contributed by atoms with Crippen molar-refractivity contribution in [1.82, 2.24) is 24.7 Å². The molecule has 4 heterocycles. The zero-order chi connectivity index (χ0) is 22.9. The van der Waals surface area contributed by atoms with Gasteiger partial charge in [-0.05, 0) is 54.8 Å². The number of hydrogen-bond acceptors (Lipinski definition) is 5. The van der Waals surface area contributed by atoms with Crippen LogP contribution in [0.5, 0.6) is 0 Å². The zero-order valence-electron chi connectivity index (χ0n) is 18.7. The van der Waals surface area contributed by atoms with Crippen molar-refractivity contribution >= 4 is 28.8 Å².